The van der Waals surface area contributed by atoms with E-state index in [2.05, 4.69) is 10.6 Å². The summed E-state index contributed by atoms with van der Waals surface area (Å²) in [5.41, 5.74) is 0.568. The van der Waals surface area contributed by atoms with Gasteiger partial charge >= 0.3 is 11.7 Å². The van der Waals surface area contributed by atoms with Crippen LogP contribution in [0.15, 0.2) is 27.4 Å². The highest BCUT2D eigenvalue weighted by molar-refractivity contribution is 6.32. The first kappa shape index (κ1) is 20.7. The quantitative estimate of drug-likeness (QED) is 0.700. The van der Waals surface area contributed by atoms with Crippen molar-refractivity contribution in [3.63, 3.8) is 0 Å². The van der Waals surface area contributed by atoms with E-state index >= 15 is 0 Å². The van der Waals surface area contributed by atoms with Gasteiger partial charge in [0, 0.05) is 23.6 Å². The SMILES string of the molecule is Cc1cc(=O)oc2cc(OCC(=O)NC(=O)N[C@H](C)[C@H]3C[C@H]4CC[C@H]3C4)c(Cl)cc12. The van der Waals surface area contributed by atoms with E-state index in [1.54, 1.807) is 13.0 Å². The maximum Gasteiger partial charge on any atom is 0.336 e. The molecular formula is C22H25ClN2O5. The Bertz CT molecular complexity index is 1050. The largest absolute Gasteiger partial charge is 0.482 e. The zero-order chi connectivity index (χ0) is 21.4. The summed E-state index contributed by atoms with van der Waals surface area (Å²) in [6.07, 6.45) is 4.95. The van der Waals surface area contributed by atoms with E-state index in [0.29, 0.717) is 22.8 Å². The number of aryl methyl sites for hydroxylation is 1. The lowest BCUT2D eigenvalue weighted by Crippen LogP contribution is -2.48. The molecule has 8 heteroatoms. The van der Waals surface area contributed by atoms with Gasteiger partial charge in [0.05, 0.1) is 5.02 Å². The number of rotatable bonds is 5. The summed E-state index contributed by atoms with van der Waals surface area (Å²) < 4.78 is 10.6. The molecule has 0 spiro atoms. The van der Waals surface area contributed by atoms with Crippen LogP contribution in [0.25, 0.3) is 11.0 Å². The highest BCUT2D eigenvalue weighted by atomic mass is 35.5. The van der Waals surface area contributed by atoms with Crippen molar-refractivity contribution in [3.8, 4) is 5.75 Å². The maximum atomic E-state index is 12.2. The zero-order valence-electron chi connectivity index (χ0n) is 17.0. The Labute approximate surface area is 179 Å². The number of halogens is 1. The fraction of sp³-hybridized carbons (Fsp3) is 0.500. The minimum atomic E-state index is -0.588. The average molecular weight is 433 g/mol. The normalized spacial score (nSPS) is 23.4. The van der Waals surface area contributed by atoms with E-state index in [1.165, 1.54) is 31.4 Å². The van der Waals surface area contributed by atoms with E-state index in [1.807, 2.05) is 6.92 Å². The van der Waals surface area contributed by atoms with Crippen LogP contribution in [0.3, 0.4) is 0 Å². The third kappa shape index (κ3) is 4.31. The summed E-state index contributed by atoms with van der Waals surface area (Å²) in [6, 6.07) is 3.96. The van der Waals surface area contributed by atoms with Crippen LogP contribution in [0.1, 0.15) is 38.2 Å². The number of benzene rings is 1. The molecule has 0 unspecified atom stereocenters. The molecule has 2 aliphatic carbocycles. The van der Waals surface area contributed by atoms with Crippen LogP contribution in [0.4, 0.5) is 4.79 Å². The Hall–Kier alpha value is -2.54. The minimum absolute atomic E-state index is 0.0232. The summed E-state index contributed by atoms with van der Waals surface area (Å²) in [5, 5.41) is 6.14. The molecule has 4 atom stereocenters. The van der Waals surface area contributed by atoms with Gasteiger partial charge in [0.25, 0.3) is 5.91 Å². The number of nitrogens with one attached hydrogen (secondary N) is 2. The molecule has 1 aromatic heterocycles. The number of imide groups is 1. The molecule has 160 valence electrons. The Balaban J connectivity index is 1.31. The molecule has 2 aromatic rings. The molecule has 0 aliphatic heterocycles. The molecule has 1 aromatic carbocycles. The smallest absolute Gasteiger partial charge is 0.336 e. The van der Waals surface area contributed by atoms with Crippen LogP contribution in [-0.2, 0) is 4.79 Å². The van der Waals surface area contributed by atoms with Gasteiger partial charge in [-0.1, -0.05) is 18.0 Å². The second-order valence-corrected chi connectivity index (χ2v) is 8.87. The molecule has 2 fully saturated rings. The Kier molecular flexibility index (Phi) is 5.73. The molecule has 2 N–H and O–H groups in total. The molecule has 0 radical (unpaired) electrons. The lowest BCUT2D eigenvalue weighted by molar-refractivity contribution is -0.122. The fourth-order valence-electron chi connectivity index (χ4n) is 4.99. The highest BCUT2D eigenvalue weighted by Gasteiger charge is 2.42. The number of ether oxygens (including phenoxy) is 1. The molecule has 3 amide bonds. The van der Waals surface area contributed by atoms with Crippen molar-refractivity contribution < 1.29 is 18.7 Å². The van der Waals surface area contributed by atoms with E-state index in [4.69, 9.17) is 20.8 Å². The predicted octanol–water partition coefficient (Wildman–Crippen LogP) is 3.78. The Morgan fingerprint density at radius 1 is 1.27 bits per heavy atom. The van der Waals surface area contributed by atoms with Gasteiger partial charge in [-0.2, -0.15) is 0 Å². The summed E-state index contributed by atoms with van der Waals surface area (Å²) in [7, 11) is 0. The van der Waals surface area contributed by atoms with Crippen molar-refractivity contribution in [2.24, 2.45) is 17.8 Å². The maximum absolute atomic E-state index is 12.2. The van der Waals surface area contributed by atoms with Crippen LogP contribution in [0.2, 0.25) is 5.02 Å². The van der Waals surface area contributed by atoms with Gasteiger partial charge in [-0.3, -0.25) is 10.1 Å². The van der Waals surface area contributed by atoms with Crippen molar-refractivity contribution in [3.05, 3.63) is 39.2 Å². The topological polar surface area (TPSA) is 97.6 Å². The predicted molar refractivity (Wildman–Crippen MR) is 113 cm³/mol. The number of carbonyl (C=O) groups excluding carboxylic acids is 2. The third-order valence-electron chi connectivity index (χ3n) is 6.41. The van der Waals surface area contributed by atoms with Crippen LogP contribution in [-0.4, -0.2) is 24.6 Å². The number of fused-ring (bicyclic) bond motifs is 3. The second-order valence-electron chi connectivity index (χ2n) is 8.46. The second kappa shape index (κ2) is 8.30. The Morgan fingerprint density at radius 2 is 2.07 bits per heavy atom. The first-order chi connectivity index (χ1) is 14.3. The Morgan fingerprint density at radius 3 is 2.77 bits per heavy atom. The summed E-state index contributed by atoms with van der Waals surface area (Å²) in [6.45, 7) is 3.38. The standard InChI is InChI=1S/C22H25ClN2O5/c1-11-5-21(27)30-18-9-19(17(23)8-15(11)18)29-10-20(26)25-22(28)24-12(2)16-7-13-3-4-14(16)6-13/h5,8-9,12-14,16H,3-4,6-7,10H2,1-2H3,(H2,24,25,26,28)/t12-,13+,14+,16-/m1/s1. The molecule has 2 saturated carbocycles. The molecule has 1 heterocycles. The molecule has 30 heavy (non-hydrogen) atoms. The van der Waals surface area contributed by atoms with Gasteiger partial charge in [-0.05, 0) is 62.5 Å². The van der Waals surface area contributed by atoms with Gasteiger partial charge in [-0.15, -0.1) is 0 Å². The van der Waals surface area contributed by atoms with Gasteiger partial charge in [0.1, 0.15) is 11.3 Å². The van der Waals surface area contributed by atoms with Crippen molar-refractivity contribution in [1.29, 1.82) is 0 Å². The van der Waals surface area contributed by atoms with E-state index in [-0.39, 0.29) is 16.8 Å². The summed E-state index contributed by atoms with van der Waals surface area (Å²) in [5.74, 6) is 1.57. The van der Waals surface area contributed by atoms with Gasteiger partial charge in [-0.25, -0.2) is 9.59 Å². The lowest BCUT2D eigenvalue weighted by atomic mass is 9.84. The first-order valence-corrected chi connectivity index (χ1v) is 10.6. The minimum Gasteiger partial charge on any atom is -0.482 e. The van der Waals surface area contributed by atoms with Crippen molar-refractivity contribution in [2.75, 3.05) is 6.61 Å². The summed E-state index contributed by atoms with van der Waals surface area (Å²) >= 11 is 6.22. The molecular weight excluding hydrogens is 408 g/mol. The van der Waals surface area contributed by atoms with Gasteiger partial charge in [0.15, 0.2) is 6.61 Å². The van der Waals surface area contributed by atoms with Crippen LogP contribution in [0, 0.1) is 24.7 Å². The highest BCUT2D eigenvalue weighted by Crippen LogP contribution is 2.49. The number of hydrogen-bond donors (Lipinski definition) is 2. The van der Waals surface area contributed by atoms with Crippen molar-refractivity contribution in [2.45, 2.75) is 45.6 Å². The molecule has 7 nitrogen and oxygen atoms in total. The van der Waals surface area contributed by atoms with Crippen molar-refractivity contribution >= 4 is 34.5 Å². The van der Waals surface area contributed by atoms with Crippen LogP contribution in [0.5, 0.6) is 5.75 Å². The van der Waals surface area contributed by atoms with Gasteiger partial charge < -0.3 is 14.5 Å². The van der Waals surface area contributed by atoms with Crippen LogP contribution < -0.4 is 21.0 Å². The van der Waals surface area contributed by atoms with Crippen LogP contribution >= 0.6 is 11.6 Å². The van der Waals surface area contributed by atoms with Crippen molar-refractivity contribution in [1.82, 2.24) is 10.6 Å². The number of amides is 3. The lowest BCUT2D eigenvalue weighted by Gasteiger charge is -2.28. The number of hydrogen-bond acceptors (Lipinski definition) is 5. The monoisotopic (exact) mass is 432 g/mol. The molecule has 4 rings (SSSR count). The molecule has 2 bridgehead atoms. The van der Waals surface area contributed by atoms with E-state index in [0.717, 1.165) is 17.9 Å². The molecule has 2 aliphatic rings. The summed E-state index contributed by atoms with van der Waals surface area (Å²) in [4.78, 5) is 35.9. The van der Waals surface area contributed by atoms with Gasteiger partial charge in [0.2, 0.25) is 0 Å². The molecule has 0 saturated heterocycles. The fourth-order valence-corrected chi connectivity index (χ4v) is 5.21. The van der Waals surface area contributed by atoms with E-state index < -0.39 is 24.2 Å². The average Bonchev–Trinajstić information content (AvgIpc) is 3.30. The third-order valence-corrected chi connectivity index (χ3v) is 6.70. The zero-order valence-corrected chi connectivity index (χ0v) is 17.8. The number of carbonyl (C=O) groups is 2. The number of urea groups is 1. The first-order valence-electron chi connectivity index (χ1n) is 10.3. The van der Waals surface area contributed by atoms with E-state index in [9.17, 15) is 14.4 Å².